The Bertz CT molecular complexity index is 547. The molecule has 1 amide bonds. The van der Waals surface area contributed by atoms with Gasteiger partial charge < -0.3 is 9.64 Å². The molecule has 3 rings (SSSR count). The van der Waals surface area contributed by atoms with Crippen molar-refractivity contribution in [3.63, 3.8) is 0 Å². The molecule has 1 fully saturated rings. The van der Waals surface area contributed by atoms with Crippen LogP contribution >= 0.6 is 0 Å². The van der Waals surface area contributed by atoms with E-state index in [9.17, 15) is 9.59 Å². The second-order valence-electron chi connectivity index (χ2n) is 5.49. The zero-order valence-electron chi connectivity index (χ0n) is 11.7. The molecule has 2 aliphatic heterocycles. The Morgan fingerprint density at radius 2 is 2.15 bits per heavy atom. The van der Waals surface area contributed by atoms with Crippen molar-refractivity contribution >= 4 is 17.4 Å². The first-order valence-corrected chi connectivity index (χ1v) is 7.23. The molecule has 0 saturated carbocycles. The van der Waals surface area contributed by atoms with Gasteiger partial charge in [0.2, 0.25) is 0 Å². The van der Waals surface area contributed by atoms with E-state index in [-0.39, 0.29) is 17.8 Å². The van der Waals surface area contributed by atoms with E-state index >= 15 is 0 Å². The number of ketones is 1. The van der Waals surface area contributed by atoms with Gasteiger partial charge in [-0.1, -0.05) is 0 Å². The normalized spacial score (nSPS) is 21.6. The third kappa shape index (κ3) is 2.36. The van der Waals surface area contributed by atoms with Gasteiger partial charge in [-0.2, -0.15) is 0 Å². The van der Waals surface area contributed by atoms with Crippen molar-refractivity contribution in [3.05, 3.63) is 29.3 Å². The quantitative estimate of drug-likeness (QED) is 0.777. The molecular weight excluding hydrogens is 254 g/mol. The maximum Gasteiger partial charge on any atom is 0.256 e. The summed E-state index contributed by atoms with van der Waals surface area (Å²) >= 11 is 0. The summed E-state index contributed by atoms with van der Waals surface area (Å²) in [4.78, 5) is 25.8. The van der Waals surface area contributed by atoms with Crippen LogP contribution in [0.25, 0.3) is 0 Å². The fourth-order valence-electron chi connectivity index (χ4n) is 2.99. The van der Waals surface area contributed by atoms with Crippen molar-refractivity contribution in [1.29, 1.82) is 0 Å². The van der Waals surface area contributed by atoms with E-state index in [1.165, 1.54) is 0 Å². The first-order valence-electron chi connectivity index (χ1n) is 7.23. The van der Waals surface area contributed by atoms with Gasteiger partial charge in [0.25, 0.3) is 5.91 Å². The van der Waals surface area contributed by atoms with E-state index in [2.05, 4.69) is 0 Å². The first-order chi connectivity index (χ1) is 9.66. The fourth-order valence-corrected chi connectivity index (χ4v) is 2.99. The fraction of sp³-hybridized carbons (Fsp3) is 0.500. The number of ether oxygens (including phenoxy) is 1. The predicted molar refractivity (Wildman–Crippen MR) is 76.1 cm³/mol. The maximum absolute atomic E-state index is 12.5. The zero-order chi connectivity index (χ0) is 14.1. The molecule has 0 spiro atoms. The minimum Gasteiger partial charge on any atom is -0.368 e. The van der Waals surface area contributed by atoms with Crippen molar-refractivity contribution in [1.82, 2.24) is 0 Å². The maximum atomic E-state index is 12.5. The smallest absolute Gasteiger partial charge is 0.256 e. The highest BCUT2D eigenvalue weighted by molar-refractivity contribution is 5.99. The van der Waals surface area contributed by atoms with Gasteiger partial charge in [0.15, 0.2) is 5.78 Å². The van der Waals surface area contributed by atoms with Crippen LogP contribution in [0, 0.1) is 0 Å². The molecule has 4 heteroatoms. The molecule has 1 unspecified atom stereocenters. The Morgan fingerprint density at radius 3 is 2.85 bits per heavy atom. The first kappa shape index (κ1) is 13.3. The molecule has 1 atom stereocenters. The van der Waals surface area contributed by atoms with Crippen LogP contribution in [0.4, 0.5) is 5.69 Å². The number of carbonyl (C=O) groups excluding carboxylic acids is 2. The molecule has 2 heterocycles. The van der Waals surface area contributed by atoms with Gasteiger partial charge in [-0.25, -0.2) is 0 Å². The lowest BCUT2D eigenvalue weighted by Gasteiger charge is -2.31. The Morgan fingerprint density at radius 1 is 1.30 bits per heavy atom. The Hall–Kier alpha value is -1.68. The number of amides is 1. The summed E-state index contributed by atoms with van der Waals surface area (Å²) < 4.78 is 5.50. The van der Waals surface area contributed by atoms with E-state index in [1.807, 2.05) is 23.1 Å². The SMILES string of the molecule is CC(=O)c1ccc2c(c1)CCCN2C(=O)C1CCCO1. The van der Waals surface area contributed by atoms with Crippen molar-refractivity contribution in [3.8, 4) is 0 Å². The van der Waals surface area contributed by atoms with Gasteiger partial charge in [0.1, 0.15) is 6.10 Å². The van der Waals surface area contributed by atoms with E-state index in [0.717, 1.165) is 49.0 Å². The Balaban J connectivity index is 1.89. The molecule has 106 valence electrons. The average molecular weight is 273 g/mol. The van der Waals surface area contributed by atoms with E-state index in [1.54, 1.807) is 6.92 Å². The van der Waals surface area contributed by atoms with Crippen molar-refractivity contribution in [2.24, 2.45) is 0 Å². The molecule has 0 aromatic heterocycles. The summed E-state index contributed by atoms with van der Waals surface area (Å²) in [5.74, 6) is 0.134. The molecule has 2 aliphatic rings. The van der Waals surface area contributed by atoms with Crippen LogP contribution in [0.5, 0.6) is 0 Å². The van der Waals surface area contributed by atoms with Gasteiger partial charge in [0, 0.05) is 24.4 Å². The van der Waals surface area contributed by atoms with Crippen molar-refractivity contribution < 1.29 is 14.3 Å². The average Bonchev–Trinajstić information content (AvgIpc) is 2.99. The van der Waals surface area contributed by atoms with Crippen LogP contribution in [0.1, 0.15) is 42.1 Å². The predicted octanol–water partition coefficient (Wildman–Crippen LogP) is 2.35. The summed E-state index contributed by atoms with van der Waals surface area (Å²) in [5, 5.41) is 0. The molecule has 0 N–H and O–H groups in total. The number of carbonyl (C=O) groups is 2. The highest BCUT2D eigenvalue weighted by Gasteiger charge is 2.31. The monoisotopic (exact) mass is 273 g/mol. The summed E-state index contributed by atoms with van der Waals surface area (Å²) in [7, 11) is 0. The molecule has 1 saturated heterocycles. The number of fused-ring (bicyclic) bond motifs is 1. The summed E-state index contributed by atoms with van der Waals surface area (Å²) in [6.07, 6.45) is 3.35. The van der Waals surface area contributed by atoms with Crippen LogP contribution in [0.2, 0.25) is 0 Å². The Kier molecular flexibility index (Phi) is 3.57. The summed E-state index contributed by atoms with van der Waals surface area (Å²) in [5.41, 5.74) is 2.76. The molecule has 20 heavy (non-hydrogen) atoms. The number of rotatable bonds is 2. The molecular formula is C16H19NO3. The third-order valence-corrected chi connectivity index (χ3v) is 4.08. The van der Waals surface area contributed by atoms with Crippen LogP contribution in [-0.2, 0) is 16.0 Å². The largest absolute Gasteiger partial charge is 0.368 e. The number of nitrogens with zero attached hydrogens (tertiary/aromatic N) is 1. The van der Waals surface area contributed by atoms with Gasteiger partial charge in [-0.05, 0) is 56.4 Å². The minimum atomic E-state index is -0.284. The lowest BCUT2D eigenvalue weighted by Crippen LogP contribution is -2.42. The standard InChI is InChI=1S/C16H19NO3/c1-11(18)12-6-7-14-13(10-12)4-2-8-17(14)16(19)15-5-3-9-20-15/h6-7,10,15H,2-5,8-9H2,1H3. The van der Waals surface area contributed by atoms with Gasteiger partial charge in [-0.15, -0.1) is 0 Å². The van der Waals surface area contributed by atoms with Gasteiger partial charge >= 0.3 is 0 Å². The van der Waals surface area contributed by atoms with Gasteiger partial charge in [0.05, 0.1) is 0 Å². The van der Waals surface area contributed by atoms with Crippen LogP contribution in [0.15, 0.2) is 18.2 Å². The zero-order valence-corrected chi connectivity index (χ0v) is 11.7. The van der Waals surface area contributed by atoms with E-state index in [4.69, 9.17) is 4.74 Å². The van der Waals surface area contributed by atoms with Crippen molar-refractivity contribution in [2.45, 2.75) is 38.7 Å². The number of aryl methyl sites for hydroxylation is 1. The molecule has 1 aromatic carbocycles. The highest BCUT2D eigenvalue weighted by atomic mass is 16.5. The lowest BCUT2D eigenvalue weighted by molar-refractivity contribution is -0.127. The topological polar surface area (TPSA) is 46.6 Å². The molecule has 4 nitrogen and oxygen atoms in total. The van der Waals surface area contributed by atoms with Crippen molar-refractivity contribution in [2.75, 3.05) is 18.1 Å². The summed E-state index contributed by atoms with van der Waals surface area (Å²) in [6, 6.07) is 5.63. The van der Waals surface area contributed by atoms with E-state index in [0.29, 0.717) is 6.61 Å². The second kappa shape index (κ2) is 5.37. The van der Waals surface area contributed by atoms with Crippen LogP contribution in [0.3, 0.4) is 0 Å². The van der Waals surface area contributed by atoms with Gasteiger partial charge in [-0.3, -0.25) is 9.59 Å². The number of Topliss-reactive ketones (excluding diaryl/α,β-unsaturated/α-hetero) is 1. The van der Waals surface area contributed by atoms with E-state index < -0.39 is 0 Å². The molecule has 0 radical (unpaired) electrons. The molecule has 0 bridgehead atoms. The van der Waals surface area contributed by atoms with Crippen LogP contribution in [-0.4, -0.2) is 30.9 Å². The number of anilines is 1. The van der Waals surface area contributed by atoms with Crippen LogP contribution < -0.4 is 4.90 Å². The highest BCUT2D eigenvalue weighted by Crippen LogP contribution is 2.30. The molecule has 1 aromatic rings. The second-order valence-corrected chi connectivity index (χ2v) is 5.49. The lowest BCUT2D eigenvalue weighted by atomic mass is 9.97. The third-order valence-electron chi connectivity index (χ3n) is 4.08. The molecule has 0 aliphatic carbocycles. The number of hydrogen-bond donors (Lipinski definition) is 0. The minimum absolute atomic E-state index is 0.0652. The number of benzene rings is 1. The summed E-state index contributed by atoms with van der Waals surface area (Å²) in [6.45, 7) is 2.99. The number of hydrogen-bond acceptors (Lipinski definition) is 3. The Labute approximate surface area is 118 Å².